The van der Waals surface area contributed by atoms with Crippen LogP contribution in [0, 0.1) is 5.92 Å². The molecule has 2 heterocycles. The highest BCUT2D eigenvalue weighted by molar-refractivity contribution is 5.82. The molecule has 0 aromatic carbocycles. The van der Waals surface area contributed by atoms with Gasteiger partial charge in [0.05, 0.1) is 6.04 Å². The van der Waals surface area contributed by atoms with Gasteiger partial charge in [0.1, 0.15) is 0 Å². The maximum atomic E-state index is 12.4. The van der Waals surface area contributed by atoms with E-state index in [9.17, 15) is 4.79 Å². The number of aliphatic hydroxyl groups is 1. The zero-order valence-corrected chi connectivity index (χ0v) is 11.4. The number of hydrogen-bond donors (Lipinski definition) is 2. The van der Waals surface area contributed by atoms with Crippen molar-refractivity contribution in [1.29, 1.82) is 0 Å². The van der Waals surface area contributed by atoms with Gasteiger partial charge in [0.25, 0.3) is 0 Å². The average molecular weight is 254 g/mol. The Morgan fingerprint density at radius 1 is 1.33 bits per heavy atom. The predicted octanol–water partition coefficient (Wildman–Crippen LogP) is 1.14. The van der Waals surface area contributed by atoms with Crippen LogP contribution in [0.3, 0.4) is 0 Å². The van der Waals surface area contributed by atoms with E-state index in [2.05, 4.69) is 12.2 Å². The van der Waals surface area contributed by atoms with Crippen molar-refractivity contribution in [2.24, 2.45) is 5.92 Å². The van der Waals surface area contributed by atoms with E-state index in [1.165, 1.54) is 6.42 Å². The molecule has 0 aliphatic carbocycles. The van der Waals surface area contributed by atoms with E-state index in [1.54, 1.807) is 0 Å². The van der Waals surface area contributed by atoms with Gasteiger partial charge >= 0.3 is 0 Å². The fraction of sp³-hybridized carbons (Fsp3) is 0.929. The van der Waals surface area contributed by atoms with Crippen LogP contribution in [0.4, 0.5) is 0 Å². The lowest BCUT2D eigenvalue weighted by Gasteiger charge is -2.37. The normalized spacial score (nSPS) is 33.4. The van der Waals surface area contributed by atoms with Crippen LogP contribution in [-0.2, 0) is 4.79 Å². The molecule has 0 aromatic rings. The summed E-state index contributed by atoms with van der Waals surface area (Å²) < 4.78 is 0. The first-order chi connectivity index (χ1) is 8.70. The van der Waals surface area contributed by atoms with E-state index in [0.29, 0.717) is 12.0 Å². The summed E-state index contributed by atoms with van der Waals surface area (Å²) in [6, 6.07) is 0.493. The van der Waals surface area contributed by atoms with Crippen LogP contribution < -0.4 is 5.32 Å². The summed E-state index contributed by atoms with van der Waals surface area (Å²) >= 11 is 0. The third kappa shape index (κ3) is 3.45. The molecule has 0 aromatic heterocycles. The second kappa shape index (κ2) is 6.53. The highest BCUT2D eigenvalue weighted by Gasteiger charge is 2.30. The molecule has 18 heavy (non-hydrogen) atoms. The number of carbonyl (C=O) groups excluding carboxylic acids is 1. The van der Waals surface area contributed by atoms with Crippen molar-refractivity contribution in [2.75, 3.05) is 19.7 Å². The molecule has 3 unspecified atom stereocenters. The van der Waals surface area contributed by atoms with Crippen LogP contribution in [0.2, 0.25) is 0 Å². The molecule has 0 bridgehead atoms. The summed E-state index contributed by atoms with van der Waals surface area (Å²) in [5.41, 5.74) is 0. The monoisotopic (exact) mass is 254 g/mol. The fourth-order valence-corrected chi connectivity index (χ4v) is 3.24. The second-order valence-electron chi connectivity index (χ2n) is 5.86. The van der Waals surface area contributed by atoms with Gasteiger partial charge in [-0.2, -0.15) is 0 Å². The number of likely N-dealkylation sites (tertiary alicyclic amines) is 1. The zero-order valence-electron chi connectivity index (χ0n) is 11.4. The SMILES string of the molecule is CC1CCCC(C(=O)N2CCCC(CCO)C2)N1. The molecule has 2 rings (SSSR count). The molecule has 2 saturated heterocycles. The lowest BCUT2D eigenvalue weighted by molar-refractivity contribution is -0.136. The van der Waals surface area contributed by atoms with E-state index in [0.717, 1.165) is 45.2 Å². The molecule has 0 radical (unpaired) electrons. The Morgan fingerprint density at radius 2 is 2.17 bits per heavy atom. The van der Waals surface area contributed by atoms with Gasteiger partial charge in [-0.05, 0) is 51.4 Å². The Labute approximate surface area is 110 Å². The van der Waals surface area contributed by atoms with Gasteiger partial charge in [0.2, 0.25) is 5.91 Å². The first-order valence-corrected chi connectivity index (χ1v) is 7.36. The summed E-state index contributed by atoms with van der Waals surface area (Å²) in [5, 5.41) is 12.4. The van der Waals surface area contributed by atoms with Gasteiger partial charge in [-0.15, -0.1) is 0 Å². The molecule has 0 spiro atoms. The van der Waals surface area contributed by atoms with Crippen LogP contribution in [-0.4, -0.2) is 47.7 Å². The predicted molar refractivity (Wildman–Crippen MR) is 71.2 cm³/mol. The number of rotatable bonds is 3. The lowest BCUT2D eigenvalue weighted by atomic mass is 9.93. The van der Waals surface area contributed by atoms with Crippen molar-refractivity contribution >= 4 is 5.91 Å². The third-order valence-corrected chi connectivity index (χ3v) is 4.28. The van der Waals surface area contributed by atoms with Gasteiger partial charge in [-0.3, -0.25) is 4.79 Å². The van der Waals surface area contributed by atoms with Gasteiger partial charge in [-0.1, -0.05) is 0 Å². The number of amides is 1. The Kier molecular flexibility index (Phi) is 5.01. The molecular weight excluding hydrogens is 228 g/mol. The second-order valence-corrected chi connectivity index (χ2v) is 5.86. The minimum Gasteiger partial charge on any atom is -0.396 e. The number of nitrogens with zero attached hydrogens (tertiary/aromatic N) is 1. The standard InChI is InChI=1S/C14H26N2O2/c1-11-4-2-6-13(15-11)14(18)16-8-3-5-12(10-16)7-9-17/h11-13,15,17H,2-10H2,1H3. The lowest BCUT2D eigenvalue weighted by Crippen LogP contribution is -2.53. The Hall–Kier alpha value is -0.610. The third-order valence-electron chi connectivity index (χ3n) is 4.28. The molecule has 1 amide bonds. The largest absolute Gasteiger partial charge is 0.396 e. The minimum absolute atomic E-state index is 0.0293. The summed E-state index contributed by atoms with van der Waals surface area (Å²) in [6.07, 6.45) is 6.37. The molecule has 2 N–H and O–H groups in total. The quantitative estimate of drug-likeness (QED) is 0.794. The van der Waals surface area contributed by atoms with Gasteiger partial charge < -0.3 is 15.3 Å². The highest BCUT2D eigenvalue weighted by Crippen LogP contribution is 2.22. The van der Waals surface area contributed by atoms with Crippen molar-refractivity contribution in [3.05, 3.63) is 0 Å². The molecule has 104 valence electrons. The maximum absolute atomic E-state index is 12.4. The van der Waals surface area contributed by atoms with Gasteiger partial charge in [0, 0.05) is 25.7 Å². The van der Waals surface area contributed by atoms with E-state index in [-0.39, 0.29) is 18.6 Å². The number of aliphatic hydroxyl groups excluding tert-OH is 1. The summed E-state index contributed by atoms with van der Waals surface area (Å²) in [4.78, 5) is 14.5. The Bertz CT molecular complexity index is 281. The molecule has 0 saturated carbocycles. The van der Waals surface area contributed by atoms with Crippen molar-refractivity contribution in [3.8, 4) is 0 Å². The Morgan fingerprint density at radius 3 is 2.89 bits per heavy atom. The van der Waals surface area contributed by atoms with Gasteiger partial charge in [0.15, 0.2) is 0 Å². The molecule has 4 nitrogen and oxygen atoms in total. The zero-order chi connectivity index (χ0) is 13.0. The minimum atomic E-state index is 0.0293. The highest BCUT2D eigenvalue weighted by atomic mass is 16.3. The van der Waals surface area contributed by atoms with E-state index >= 15 is 0 Å². The van der Waals surface area contributed by atoms with Crippen LogP contribution in [0.15, 0.2) is 0 Å². The van der Waals surface area contributed by atoms with Crippen LogP contribution in [0.25, 0.3) is 0 Å². The molecule has 2 aliphatic rings. The van der Waals surface area contributed by atoms with Crippen LogP contribution in [0.1, 0.15) is 45.4 Å². The smallest absolute Gasteiger partial charge is 0.239 e. The van der Waals surface area contributed by atoms with Crippen LogP contribution >= 0.6 is 0 Å². The molecule has 2 fully saturated rings. The number of piperidine rings is 2. The van der Waals surface area contributed by atoms with E-state index in [1.807, 2.05) is 4.90 Å². The van der Waals surface area contributed by atoms with Crippen molar-refractivity contribution < 1.29 is 9.90 Å². The van der Waals surface area contributed by atoms with Crippen molar-refractivity contribution in [3.63, 3.8) is 0 Å². The van der Waals surface area contributed by atoms with Gasteiger partial charge in [-0.25, -0.2) is 0 Å². The van der Waals surface area contributed by atoms with Crippen molar-refractivity contribution in [1.82, 2.24) is 10.2 Å². The number of hydrogen-bond acceptors (Lipinski definition) is 3. The molecule has 3 atom stereocenters. The molecular formula is C14H26N2O2. The average Bonchev–Trinajstić information content (AvgIpc) is 2.39. The summed E-state index contributed by atoms with van der Waals surface area (Å²) in [7, 11) is 0. The number of nitrogens with one attached hydrogen (secondary N) is 1. The summed E-state index contributed by atoms with van der Waals surface area (Å²) in [5.74, 6) is 0.776. The topological polar surface area (TPSA) is 52.6 Å². The van der Waals surface area contributed by atoms with Crippen molar-refractivity contribution in [2.45, 2.75) is 57.5 Å². The van der Waals surface area contributed by atoms with E-state index in [4.69, 9.17) is 5.11 Å². The maximum Gasteiger partial charge on any atom is 0.239 e. The van der Waals surface area contributed by atoms with Crippen LogP contribution in [0.5, 0.6) is 0 Å². The van der Waals surface area contributed by atoms with E-state index < -0.39 is 0 Å². The first kappa shape index (κ1) is 13.8. The number of carbonyl (C=O) groups is 1. The fourth-order valence-electron chi connectivity index (χ4n) is 3.24. The Balaban J connectivity index is 1.87. The molecule has 4 heteroatoms. The molecule has 2 aliphatic heterocycles. The summed E-state index contributed by atoms with van der Waals surface area (Å²) in [6.45, 7) is 4.13. The first-order valence-electron chi connectivity index (χ1n) is 7.36.